The highest BCUT2D eigenvalue weighted by Crippen LogP contribution is 2.28. The van der Waals surface area contributed by atoms with E-state index in [9.17, 15) is 0 Å². The Bertz CT molecular complexity index is 502. The number of rotatable bonds is 3. The van der Waals surface area contributed by atoms with Crippen LogP contribution in [-0.4, -0.2) is 40.6 Å². The van der Waals surface area contributed by atoms with E-state index in [4.69, 9.17) is 4.74 Å². The van der Waals surface area contributed by atoms with Crippen molar-refractivity contribution < 1.29 is 4.74 Å². The Morgan fingerprint density at radius 3 is 2.63 bits per heavy atom. The van der Waals surface area contributed by atoms with E-state index >= 15 is 0 Å². The maximum absolute atomic E-state index is 5.02. The van der Waals surface area contributed by atoms with Gasteiger partial charge in [0.25, 0.3) is 0 Å². The molecule has 6 nitrogen and oxygen atoms in total. The molecule has 0 aromatic carbocycles. The molecule has 0 amide bonds. The van der Waals surface area contributed by atoms with E-state index in [0.717, 1.165) is 31.7 Å². The number of aromatic amines is 1. The van der Waals surface area contributed by atoms with E-state index in [0.29, 0.717) is 11.8 Å². The van der Waals surface area contributed by atoms with Crippen molar-refractivity contribution >= 4 is 5.82 Å². The Balaban J connectivity index is 1.63. The molecule has 1 N–H and O–H groups in total. The van der Waals surface area contributed by atoms with Crippen molar-refractivity contribution in [3.63, 3.8) is 0 Å². The van der Waals surface area contributed by atoms with Crippen molar-refractivity contribution in [2.45, 2.75) is 18.8 Å². The van der Waals surface area contributed by atoms with Gasteiger partial charge >= 0.3 is 0 Å². The minimum absolute atomic E-state index is 0.552. The van der Waals surface area contributed by atoms with Gasteiger partial charge in [-0.25, -0.2) is 0 Å². The minimum Gasteiger partial charge on any atom is -0.480 e. The van der Waals surface area contributed by atoms with Crippen molar-refractivity contribution in [2.24, 2.45) is 0 Å². The molecule has 19 heavy (non-hydrogen) atoms. The maximum atomic E-state index is 5.02. The molecule has 6 heteroatoms. The molecule has 1 fully saturated rings. The lowest BCUT2D eigenvalue weighted by Gasteiger charge is -2.31. The summed E-state index contributed by atoms with van der Waals surface area (Å²) >= 11 is 0. The van der Waals surface area contributed by atoms with Crippen LogP contribution in [0, 0.1) is 0 Å². The number of H-pyrrole nitrogens is 1. The molecule has 2 aromatic heterocycles. The highest BCUT2D eigenvalue weighted by atomic mass is 16.5. The fourth-order valence-corrected chi connectivity index (χ4v) is 2.50. The largest absolute Gasteiger partial charge is 0.480 e. The summed E-state index contributed by atoms with van der Waals surface area (Å²) in [5.74, 6) is 2.05. The molecule has 1 saturated heterocycles. The van der Waals surface area contributed by atoms with Gasteiger partial charge in [-0.3, -0.25) is 5.10 Å². The molecule has 0 saturated carbocycles. The molecule has 3 heterocycles. The second-order valence-corrected chi connectivity index (χ2v) is 4.71. The average molecular weight is 259 g/mol. The third-order valence-electron chi connectivity index (χ3n) is 3.62. The van der Waals surface area contributed by atoms with Crippen LogP contribution < -0.4 is 9.64 Å². The molecular weight excluding hydrogens is 242 g/mol. The molecule has 100 valence electrons. The van der Waals surface area contributed by atoms with Crippen LogP contribution in [-0.2, 0) is 0 Å². The normalized spacial score (nSPS) is 16.6. The third kappa shape index (κ3) is 2.52. The quantitative estimate of drug-likeness (QED) is 0.906. The number of aromatic nitrogens is 4. The SMILES string of the molecule is COc1ccc(N2CCC(c3ccn[nH]3)CC2)nn1. The summed E-state index contributed by atoms with van der Waals surface area (Å²) in [6.45, 7) is 1.98. The van der Waals surface area contributed by atoms with Crippen LogP contribution in [0.3, 0.4) is 0 Å². The van der Waals surface area contributed by atoms with Gasteiger partial charge in [-0.15, -0.1) is 10.2 Å². The number of piperidine rings is 1. The lowest BCUT2D eigenvalue weighted by molar-refractivity contribution is 0.391. The van der Waals surface area contributed by atoms with Gasteiger partial charge in [-0.05, 0) is 25.0 Å². The van der Waals surface area contributed by atoms with Gasteiger partial charge in [-0.2, -0.15) is 5.10 Å². The van der Waals surface area contributed by atoms with Gasteiger partial charge < -0.3 is 9.64 Å². The fourth-order valence-electron chi connectivity index (χ4n) is 2.50. The van der Waals surface area contributed by atoms with E-state index in [2.05, 4.69) is 31.4 Å². The Morgan fingerprint density at radius 2 is 2.05 bits per heavy atom. The van der Waals surface area contributed by atoms with Crippen LogP contribution in [0.2, 0.25) is 0 Å². The molecular formula is C13H17N5O. The van der Waals surface area contributed by atoms with Crippen molar-refractivity contribution in [3.05, 3.63) is 30.1 Å². The number of hydrogen-bond acceptors (Lipinski definition) is 5. The number of methoxy groups -OCH3 is 1. The van der Waals surface area contributed by atoms with E-state index in [1.807, 2.05) is 18.3 Å². The first-order chi connectivity index (χ1) is 9.36. The summed E-state index contributed by atoms with van der Waals surface area (Å²) in [7, 11) is 1.60. The van der Waals surface area contributed by atoms with Crippen molar-refractivity contribution in [2.75, 3.05) is 25.1 Å². The zero-order valence-corrected chi connectivity index (χ0v) is 10.9. The minimum atomic E-state index is 0.552. The molecule has 0 aliphatic carbocycles. The van der Waals surface area contributed by atoms with Crippen LogP contribution in [0.15, 0.2) is 24.4 Å². The molecule has 0 bridgehead atoms. The summed E-state index contributed by atoms with van der Waals surface area (Å²) in [5.41, 5.74) is 1.24. The Kier molecular flexibility index (Phi) is 3.31. The molecule has 2 aromatic rings. The predicted molar refractivity (Wildman–Crippen MR) is 71.4 cm³/mol. The molecule has 0 atom stereocenters. The van der Waals surface area contributed by atoms with Crippen LogP contribution >= 0.6 is 0 Å². The number of anilines is 1. The van der Waals surface area contributed by atoms with Gasteiger partial charge in [-0.1, -0.05) is 0 Å². The smallest absolute Gasteiger partial charge is 0.233 e. The lowest BCUT2D eigenvalue weighted by atomic mass is 9.94. The maximum Gasteiger partial charge on any atom is 0.233 e. The summed E-state index contributed by atoms with van der Waals surface area (Å²) in [6.07, 6.45) is 4.03. The number of hydrogen-bond donors (Lipinski definition) is 1. The summed E-state index contributed by atoms with van der Waals surface area (Å²) in [5, 5.41) is 15.3. The van der Waals surface area contributed by atoms with Gasteiger partial charge in [0.15, 0.2) is 5.82 Å². The third-order valence-corrected chi connectivity index (χ3v) is 3.62. The van der Waals surface area contributed by atoms with Gasteiger partial charge in [0.2, 0.25) is 5.88 Å². The van der Waals surface area contributed by atoms with E-state index < -0.39 is 0 Å². The zero-order chi connectivity index (χ0) is 13.1. The monoisotopic (exact) mass is 259 g/mol. The van der Waals surface area contributed by atoms with Crippen molar-refractivity contribution in [1.29, 1.82) is 0 Å². The van der Waals surface area contributed by atoms with Gasteiger partial charge in [0.1, 0.15) is 0 Å². The van der Waals surface area contributed by atoms with Crippen LogP contribution in [0.25, 0.3) is 0 Å². The number of ether oxygens (including phenoxy) is 1. The highest BCUT2D eigenvalue weighted by Gasteiger charge is 2.22. The molecule has 3 rings (SSSR count). The first-order valence-corrected chi connectivity index (χ1v) is 6.49. The van der Waals surface area contributed by atoms with Crippen molar-refractivity contribution in [1.82, 2.24) is 20.4 Å². The second kappa shape index (κ2) is 5.26. The van der Waals surface area contributed by atoms with Crippen molar-refractivity contribution in [3.8, 4) is 5.88 Å². The average Bonchev–Trinajstić information content (AvgIpc) is 3.02. The Hall–Kier alpha value is -2.11. The molecule has 0 radical (unpaired) electrons. The standard InChI is InChI=1S/C13H17N5O/c1-19-13-3-2-12(16-17-13)18-8-5-10(6-9-18)11-4-7-14-15-11/h2-4,7,10H,5-6,8-9H2,1H3,(H,14,15). The second-order valence-electron chi connectivity index (χ2n) is 4.71. The Labute approximate surface area is 111 Å². The van der Waals surface area contributed by atoms with E-state index in [1.165, 1.54) is 5.69 Å². The molecule has 1 aliphatic heterocycles. The zero-order valence-electron chi connectivity index (χ0n) is 10.9. The number of nitrogens with zero attached hydrogens (tertiary/aromatic N) is 4. The molecule has 0 unspecified atom stereocenters. The van der Waals surface area contributed by atoms with E-state index in [1.54, 1.807) is 7.11 Å². The summed E-state index contributed by atoms with van der Waals surface area (Å²) < 4.78 is 5.02. The predicted octanol–water partition coefficient (Wildman–Crippen LogP) is 1.59. The van der Waals surface area contributed by atoms with Crippen LogP contribution in [0.4, 0.5) is 5.82 Å². The summed E-state index contributed by atoms with van der Waals surface area (Å²) in [6, 6.07) is 5.87. The van der Waals surface area contributed by atoms with Gasteiger partial charge in [0, 0.05) is 37.0 Å². The first-order valence-electron chi connectivity index (χ1n) is 6.49. The molecule has 1 aliphatic rings. The number of nitrogens with one attached hydrogen (secondary N) is 1. The topological polar surface area (TPSA) is 66.9 Å². The van der Waals surface area contributed by atoms with E-state index in [-0.39, 0.29) is 0 Å². The Morgan fingerprint density at radius 1 is 1.21 bits per heavy atom. The van der Waals surface area contributed by atoms with Crippen LogP contribution in [0.5, 0.6) is 5.88 Å². The highest BCUT2D eigenvalue weighted by molar-refractivity contribution is 5.39. The van der Waals surface area contributed by atoms with Crippen LogP contribution in [0.1, 0.15) is 24.5 Å². The molecule has 0 spiro atoms. The first kappa shape index (κ1) is 12.0. The lowest BCUT2D eigenvalue weighted by Crippen LogP contribution is -2.33. The fraction of sp³-hybridized carbons (Fsp3) is 0.462. The summed E-state index contributed by atoms with van der Waals surface area (Å²) in [4.78, 5) is 2.26. The van der Waals surface area contributed by atoms with Gasteiger partial charge in [0.05, 0.1) is 7.11 Å².